The number of carbonyl (C=O) groups excluding carboxylic acids is 1. The maximum Gasteiger partial charge on any atom is 0.263 e. The standard InChI is InChI=1S/C19H23ClN2O4/c1-4-22-13(3)9-12(2)17(19(22)25)18(24)21-10-15(23)11-26-16-7-5-14(20)6-8-16/h5-9,15,23H,4,10-11H2,1-3H3,(H,21,24)/t15-/m1/s1. The van der Waals surface area contributed by atoms with E-state index in [2.05, 4.69) is 5.32 Å². The largest absolute Gasteiger partial charge is 0.491 e. The molecular formula is C19H23ClN2O4. The molecule has 1 heterocycles. The maximum absolute atomic E-state index is 12.5. The summed E-state index contributed by atoms with van der Waals surface area (Å²) in [5.41, 5.74) is 1.20. The van der Waals surface area contributed by atoms with Gasteiger partial charge in [0.25, 0.3) is 11.5 Å². The van der Waals surface area contributed by atoms with Gasteiger partial charge in [-0.3, -0.25) is 9.59 Å². The van der Waals surface area contributed by atoms with E-state index in [4.69, 9.17) is 16.3 Å². The number of rotatable bonds is 7. The molecule has 0 saturated heterocycles. The summed E-state index contributed by atoms with van der Waals surface area (Å²) in [6, 6.07) is 8.56. The first-order valence-corrected chi connectivity index (χ1v) is 8.77. The molecule has 0 saturated carbocycles. The number of aryl methyl sites for hydroxylation is 2. The fourth-order valence-corrected chi connectivity index (χ4v) is 2.80. The van der Waals surface area contributed by atoms with Crippen LogP contribution in [0, 0.1) is 13.8 Å². The molecule has 0 aliphatic heterocycles. The van der Waals surface area contributed by atoms with E-state index in [1.165, 1.54) is 0 Å². The summed E-state index contributed by atoms with van der Waals surface area (Å²) in [6.07, 6.45) is -0.909. The summed E-state index contributed by atoms with van der Waals surface area (Å²) in [7, 11) is 0. The summed E-state index contributed by atoms with van der Waals surface area (Å²) in [5.74, 6) is 0.0697. The van der Waals surface area contributed by atoms with Crippen molar-refractivity contribution < 1.29 is 14.6 Å². The fraction of sp³-hybridized carbons (Fsp3) is 0.368. The van der Waals surface area contributed by atoms with Crippen molar-refractivity contribution in [2.75, 3.05) is 13.2 Å². The van der Waals surface area contributed by atoms with Crippen LogP contribution in [0.2, 0.25) is 5.02 Å². The van der Waals surface area contributed by atoms with E-state index in [1.807, 2.05) is 13.8 Å². The number of benzene rings is 1. The van der Waals surface area contributed by atoms with Crippen LogP contribution in [-0.2, 0) is 6.54 Å². The molecule has 1 atom stereocenters. The molecule has 6 nitrogen and oxygen atoms in total. The molecule has 2 rings (SSSR count). The second kappa shape index (κ2) is 8.87. The van der Waals surface area contributed by atoms with Crippen molar-refractivity contribution in [3.05, 3.63) is 62.5 Å². The third kappa shape index (κ3) is 4.86. The highest BCUT2D eigenvalue weighted by atomic mass is 35.5. The predicted octanol–water partition coefficient (Wildman–Crippen LogP) is 2.31. The van der Waals surface area contributed by atoms with Crippen LogP contribution >= 0.6 is 11.6 Å². The lowest BCUT2D eigenvalue weighted by Crippen LogP contribution is -2.39. The zero-order valence-corrected chi connectivity index (χ0v) is 15.8. The second-order valence-corrected chi connectivity index (χ2v) is 6.46. The summed E-state index contributed by atoms with van der Waals surface area (Å²) < 4.78 is 6.98. The molecule has 0 fully saturated rings. The van der Waals surface area contributed by atoms with E-state index in [9.17, 15) is 14.7 Å². The molecule has 26 heavy (non-hydrogen) atoms. The van der Waals surface area contributed by atoms with Gasteiger partial charge in [-0.2, -0.15) is 0 Å². The molecule has 0 aliphatic rings. The highest BCUT2D eigenvalue weighted by Gasteiger charge is 2.18. The Labute approximate surface area is 157 Å². The third-order valence-electron chi connectivity index (χ3n) is 4.00. The van der Waals surface area contributed by atoms with Crippen molar-refractivity contribution in [2.24, 2.45) is 0 Å². The molecular weight excluding hydrogens is 356 g/mol. The average Bonchev–Trinajstić information content (AvgIpc) is 2.59. The summed E-state index contributed by atoms with van der Waals surface area (Å²) in [6.45, 7) is 5.88. The van der Waals surface area contributed by atoms with Gasteiger partial charge in [-0.15, -0.1) is 0 Å². The quantitative estimate of drug-likeness (QED) is 0.774. The van der Waals surface area contributed by atoms with Crippen molar-refractivity contribution >= 4 is 17.5 Å². The van der Waals surface area contributed by atoms with Crippen LogP contribution < -0.4 is 15.6 Å². The van der Waals surface area contributed by atoms with Gasteiger partial charge in [0.2, 0.25) is 0 Å². The fourth-order valence-electron chi connectivity index (χ4n) is 2.68. The number of pyridine rings is 1. The number of nitrogens with zero attached hydrogens (tertiary/aromatic N) is 1. The topological polar surface area (TPSA) is 80.6 Å². The number of carbonyl (C=O) groups is 1. The summed E-state index contributed by atoms with van der Waals surface area (Å²) in [5, 5.41) is 13.2. The summed E-state index contributed by atoms with van der Waals surface area (Å²) >= 11 is 5.79. The second-order valence-electron chi connectivity index (χ2n) is 6.02. The van der Waals surface area contributed by atoms with Crippen molar-refractivity contribution in [1.29, 1.82) is 0 Å². The average molecular weight is 379 g/mol. The number of hydrogen-bond acceptors (Lipinski definition) is 4. The van der Waals surface area contributed by atoms with E-state index in [0.717, 1.165) is 5.69 Å². The van der Waals surface area contributed by atoms with Gasteiger partial charge in [0.05, 0.1) is 0 Å². The first-order chi connectivity index (χ1) is 12.3. The van der Waals surface area contributed by atoms with Gasteiger partial charge in [-0.1, -0.05) is 11.6 Å². The Morgan fingerprint density at radius 3 is 2.58 bits per heavy atom. The number of hydrogen-bond donors (Lipinski definition) is 2. The van der Waals surface area contributed by atoms with Gasteiger partial charge in [0, 0.05) is 23.8 Å². The van der Waals surface area contributed by atoms with Crippen molar-refractivity contribution in [3.8, 4) is 5.75 Å². The highest BCUT2D eigenvalue weighted by molar-refractivity contribution is 6.30. The third-order valence-corrected chi connectivity index (χ3v) is 4.25. The molecule has 0 aliphatic carbocycles. The molecule has 140 valence electrons. The highest BCUT2D eigenvalue weighted by Crippen LogP contribution is 2.15. The van der Waals surface area contributed by atoms with Gasteiger partial charge >= 0.3 is 0 Å². The predicted molar refractivity (Wildman–Crippen MR) is 101 cm³/mol. The SMILES string of the molecule is CCn1c(C)cc(C)c(C(=O)NC[C@@H](O)COc2ccc(Cl)cc2)c1=O. The van der Waals surface area contributed by atoms with E-state index in [1.54, 1.807) is 41.8 Å². The maximum atomic E-state index is 12.5. The minimum absolute atomic E-state index is 0.00792. The lowest BCUT2D eigenvalue weighted by atomic mass is 10.1. The van der Waals surface area contributed by atoms with Gasteiger partial charge < -0.3 is 19.7 Å². The number of nitrogens with one attached hydrogen (secondary N) is 1. The molecule has 1 amide bonds. The molecule has 7 heteroatoms. The van der Waals surface area contributed by atoms with Gasteiger partial charge in [0.15, 0.2) is 0 Å². The number of amides is 1. The Morgan fingerprint density at radius 1 is 1.31 bits per heavy atom. The molecule has 0 spiro atoms. The number of ether oxygens (including phenoxy) is 1. The van der Waals surface area contributed by atoms with Crippen LogP contribution in [0.25, 0.3) is 0 Å². The van der Waals surface area contributed by atoms with E-state index in [0.29, 0.717) is 22.9 Å². The van der Waals surface area contributed by atoms with Crippen LogP contribution in [0.5, 0.6) is 5.75 Å². The molecule has 0 unspecified atom stereocenters. The van der Waals surface area contributed by atoms with Crippen LogP contribution in [0.15, 0.2) is 35.1 Å². The first kappa shape index (κ1) is 20.0. The molecule has 1 aromatic heterocycles. The first-order valence-electron chi connectivity index (χ1n) is 8.39. The van der Waals surface area contributed by atoms with Crippen LogP contribution in [-0.4, -0.2) is 34.8 Å². The van der Waals surface area contributed by atoms with E-state index >= 15 is 0 Å². The van der Waals surface area contributed by atoms with E-state index < -0.39 is 12.0 Å². The smallest absolute Gasteiger partial charge is 0.263 e. The normalized spacial score (nSPS) is 11.9. The van der Waals surface area contributed by atoms with Gasteiger partial charge in [-0.25, -0.2) is 0 Å². The zero-order valence-electron chi connectivity index (χ0n) is 15.1. The number of aromatic nitrogens is 1. The summed E-state index contributed by atoms with van der Waals surface area (Å²) in [4.78, 5) is 24.9. The van der Waals surface area contributed by atoms with Crippen LogP contribution in [0.1, 0.15) is 28.5 Å². The van der Waals surface area contributed by atoms with E-state index in [-0.39, 0.29) is 24.3 Å². The number of halogens is 1. The Bertz CT molecular complexity index is 831. The lowest BCUT2D eigenvalue weighted by molar-refractivity contribution is 0.0841. The van der Waals surface area contributed by atoms with Crippen molar-refractivity contribution in [3.63, 3.8) is 0 Å². The monoisotopic (exact) mass is 378 g/mol. The van der Waals surface area contributed by atoms with Crippen molar-refractivity contribution in [2.45, 2.75) is 33.4 Å². The van der Waals surface area contributed by atoms with Crippen LogP contribution in [0.3, 0.4) is 0 Å². The lowest BCUT2D eigenvalue weighted by Gasteiger charge is -2.15. The number of aliphatic hydroxyl groups is 1. The molecule has 1 aromatic carbocycles. The molecule has 0 bridgehead atoms. The Kier molecular flexibility index (Phi) is 6.83. The zero-order chi connectivity index (χ0) is 19.3. The van der Waals surface area contributed by atoms with Crippen LogP contribution in [0.4, 0.5) is 0 Å². The minimum atomic E-state index is -0.909. The van der Waals surface area contributed by atoms with Gasteiger partial charge in [-0.05, 0) is 56.7 Å². The molecule has 2 N–H and O–H groups in total. The Balaban J connectivity index is 1.96. The molecule has 2 aromatic rings. The molecule has 0 radical (unpaired) electrons. The van der Waals surface area contributed by atoms with Gasteiger partial charge in [0.1, 0.15) is 24.0 Å². The van der Waals surface area contributed by atoms with Crippen molar-refractivity contribution in [1.82, 2.24) is 9.88 Å². The Morgan fingerprint density at radius 2 is 1.96 bits per heavy atom. The number of aliphatic hydroxyl groups excluding tert-OH is 1. The minimum Gasteiger partial charge on any atom is -0.491 e. The Hall–Kier alpha value is -2.31.